The third kappa shape index (κ3) is 6.81. The summed E-state index contributed by atoms with van der Waals surface area (Å²) in [6.07, 6.45) is 6.38. The van der Waals surface area contributed by atoms with E-state index in [4.69, 9.17) is 32.9 Å². The van der Waals surface area contributed by atoms with Crippen LogP contribution in [0.2, 0.25) is 10.0 Å². The highest BCUT2D eigenvalue weighted by Crippen LogP contribution is 2.32. The molecule has 0 saturated heterocycles. The molecule has 188 valence electrons. The average molecular weight is 535 g/mol. The van der Waals surface area contributed by atoms with Gasteiger partial charge in [-0.1, -0.05) is 56.3 Å². The fourth-order valence-corrected chi connectivity index (χ4v) is 5.80. The molecule has 1 aromatic carbocycles. The van der Waals surface area contributed by atoms with Crippen LogP contribution in [-0.4, -0.2) is 22.0 Å². The molecule has 2 heterocycles. The van der Waals surface area contributed by atoms with Gasteiger partial charge in [-0.15, -0.1) is 11.3 Å². The van der Waals surface area contributed by atoms with Crippen LogP contribution in [0.3, 0.4) is 0 Å². The fourth-order valence-electron chi connectivity index (χ4n) is 4.59. The van der Waals surface area contributed by atoms with Crippen LogP contribution in [0.25, 0.3) is 11.4 Å². The summed E-state index contributed by atoms with van der Waals surface area (Å²) in [6.45, 7) is 8.16. The van der Waals surface area contributed by atoms with Crippen LogP contribution in [0.1, 0.15) is 67.0 Å². The summed E-state index contributed by atoms with van der Waals surface area (Å²) in [4.78, 5) is 17.9. The van der Waals surface area contributed by atoms with Gasteiger partial charge in [0, 0.05) is 34.2 Å². The zero-order chi connectivity index (χ0) is 24.9. The van der Waals surface area contributed by atoms with Crippen LogP contribution >= 0.6 is 34.5 Å². The Morgan fingerprint density at radius 3 is 2.57 bits per heavy atom. The van der Waals surface area contributed by atoms with Crippen LogP contribution in [-0.2, 0) is 13.2 Å². The summed E-state index contributed by atoms with van der Waals surface area (Å²) >= 11 is 13.7. The number of nitrogens with zero attached hydrogens (tertiary/aromatic N) is 2. The molecule has 3 aromatic rings. The van der Waals surface area contributed by atoms with Crippen LogP contribution < -0.4 is 10.1 Å². The highest BCUT2D eigenvalue weighted by atomic mass is 35.5. The van der Waals surface area contributed by atoms with Crippen molar-refractivity contribution in [1.29, 1.82) is 0 Å². The molecule has 4 rings (SSSR count). The zero-order valence-corrected chi connectivity index (χ0v) is 22.9. The Morgan fingerprint density at radius 2 is 1.89 bits per heavy atom. The second-order valence-corrected chi connectivity index (χ2v) is 11.6. The number of thiazole rings is 1. The lowest BCUT2D eigenvalue weighted by molar-refractivity contribution is 0.0948. The third-order valence-corrected chi connectivity index (χ3v) is 7.72. The quantitative estimate of drug-likeness (QED) is 0.305. The van der Waals surface area contributed by atoms with Gasteiger partial charge >= 0.3 is 0 Å². The molecule has 1 aliphatic rings. The largest absolute Gasteiger partial charge is 0.486 e. The van der Waals surface area contributed by atoms with E-state index in [1.165, 1.54) is 32.1 Å². The predicted molar refractivity (Wildman–Crippen MR) is 145 cm³/mol. The topological polar surface area (TPSA) is 56.1 Å². The Hall–Kier alpha value is -2.02. The number of nitrogens with one attached hydrogen (secondary N) is 1. The van der Waals surface area contributed by atoms with Gasteiger partial charge in [0.25, 0.3) is 5.91 Å². The molecular formula is C27H33Cl2N3O2S. The van der Waals surface area contributed by atoms with Crippen molar-refractivity contribution in [1.82, 2.24) is 14.9 Å². The molecule has 0 unspecified atom stereocenters. The molecule has 5 nitrogen and oxygen atoms in total. The molecular weight excluding hydrogens is 501 g/mol. The maximum atomic E-state index is 13.0. The molecule has 8 heteroatoms. The number of carbonyl (C=O) groups is 1. The normalized spacial score (nSPS) is 14.5. The number of hydrogen-bond acceptors (Lipinski definition) is 4. The number of halogens is 2. The van der Waals surface area contributed by atoms with E-state index in [0.29, 0.717) is 40.8 Å². The Balaban J connectivity index is 1.57. The summed E-state index contributed by atoms with van der Waals surface area (Å²) in [5.41, 5.74) is 3.61. The van der Waals surface area contributed by atoms with Crippen molar-refractivity contribution in [3.63, 3.8) is 0 Å². The average Bonchev–Trinajstić information content (AvgIpc) is 3.41. The Labute approximate surface area is 221 Å². The number of ether oxygens (including phenoxy) is 1. The van der Waals surface area contributed by atoms with E-state index in [1.54, 1.807) is 29.5 Å². The van der Waals surface area contributed by atoms with Crippen LogP contribution in [0.5, 0.6) is 5.75 Å². The number of amides is 1. The van der Waals surface area contributed by atoms with Crippen LogP contribution in [0, 0.1) is 18.8 Å². The van der Waals surface area contributed by atoms with Gasteiger partial charge in [-0.3, -0.25) is 4.79 Å². The lowest BCUT2D eigenvalue weighted by Crippen LogP contribution is -2.27. The second-order valence-electron chi connectivity index (χ2n) is 9.77. The molecule has 1 amide bonds. The van der Waals surface area contributed by atoms with E-state index < -0.39 is 0 Å². The van der Waals surface area contributed by atoms with E-state index in [9.17, 15) is 4.79 Å². The van der Waals surface area contributed by atoms with Gasteiger partial charge in [0.2, 0.25) is 0 Å². The van der Waals surface area contributed by atoms with Gasteiger partial charge in [-0.2, -0.15) is 0 Å². The minimum Gasteiger partial charge on any atom is -0.486 e. The molecule has 35 heavy (non-hydrogen) atoms. The van der Waals surface area contributed by atoms with Crippen LogP contribution in [0.15, 0.2) is 29.6 Å². The third-order valence-electron chi connectivity index (χ3n) is 6.46. The van der Waals surface area contributed by atoms with Crippen molar-refractivity contribution in [3.8, 4) is 17.1 Å². The summed E-state index contributed by atoms with van der Waals surface area (Å²) in [7, 11) is 0. The minimum absolute atomic E-state index is 0.0172. The molecule has 0 radical (unpaired) electrons. The van der Waals surface area contributed by atoms with Crippen molar-refractivity contribution >= 4 is 40.4 Å². The lowest BCUT2D eigenvalue weighted by atomic mass is 9.89. The molecule has 0 spiro atoms. The molecule has 1 aliphatic carbocycles. The highest BCUT2D eigenvalue weighted by molar-refractivity contribution is 7.09. The maximum Gasteiger partial charge on any atom is 0.253 e. The first-order chi connectivity index (χ1) is 16.8. The first kappa shape index (κ1) is 26.1. The Morgan fingerprint density at radius 1 is 1.17 bits per heavy atom. The first-order valence-electron chi connectivity index (χ1n) is 12.3. The van der Waals surface area contributed by atoms with E-state index >= 15 is 0 Å². The Kier molecular flexibility index (Phi) is 8.79. The van der Waals surface area contributed by atoms with Crippen molar-refractivity contribution in [2.24, 2.45) is 11.8 Å². The molecule has 1 saturated carbocycles. The van der Waals surface area contributed by atoms with E-state index in [1.807, 2.05) is 11.4 Å². The Bertz CT molecular complexity index is 1150. The maximum absolute atomic E-state index is 13.0. The number of aromatic nitrogens is 2. The summed E-state index contributed by atoms with van der Waals surface area (Å²) < 4.78 is 8.19. The summed E-state index contributed by atoms with van der Waals surface area (Å²) in [5, 5.41) is 7.04. The van der Waals surface area contributed by atoms with Crippen molar-refractivity contribution in [3.05, 3.63) is 56.0 Å². The minimum atomic E-state index is -0.0172. The number of carbonyl (C=O) groups excluding carboxylic acids is 1. The molecule has 1 N–H and O–H groups in total. The van der Waals surface area contributed by atoms with Gasteiger partial charge in [-0.05, 0) is 55.9 Å². The number of hydrogen-bond donors (Lipinski definition) is 1. The SMILES string of the molecule is Cc1c(C(=O)NCC(C)C)cc(-c2csc(COc3cc(Cl)cc(Cl)c3)n2)n1CC1CCCCC1. The lowest BCUT2D eigenvalue weighted by Gasteiger charge is -2.24. The first-order valence-corrected chi connectivity index (χ1v) is 14.0. The van der Waals surface area contributed by atoms with Gasteiger partial charge in [0.05, 0.1) is 17.0 Å². The van der Waals surface area contributed by atoms with Gasteiger partial charge in [0.15, 0.2) is 0 Å². The molecule has 0 atom stereocenters. The zero-order valence-electron chi connectivity index (χ0n) is 20.6. The standard InChI is InChI=1S/C27H33Cl2N3O2S/c1-17(2)13-30-27(33)23-12-25(32(18(23)3)14-19-7-5-4-6-8-19)24-16-35-26(31-24)15-34-22-10-20(28)9-21(29)11-22/h9-12,16-17,19H,4-8,13-15H2,1-3H3,(H,30,33). The van der Waals surface area contributed by atoms with Crippen molar-refractivity contribution in [2.75, 3.05) is 6.54 Å². The van der Waals surface area contributed by atoms with E-state index in [-0.39, 0.29) is 5.91 Å². The van der Waals surface area contributed by atoms with Gasteiger partial charge in [0.1, 0.15) is 17.4 Å². The van der Waals surface area contributed by atoms with Gasteiger partial charge in [-0.25, -0.2) is 4.98 Å². The van der Waals surface area contributed by atoms with E-state index in [0.717, 1.165) is 34.2 Å². The second kappa shape index (κ2) is 11.8. The fraction of sp³-hybridized carbons (Fsp3) is 0.481. The smallest absolute Gasteiger partial charge is 0.253 e. The summed E-state index contributed by atoms with van der Waals surface area (Å²) in [6, 6.07) is 7.16. The summed E-state index contributed by atoms with van der Waals surface area (Å²) in [5.74, 6) is 1.63. The van der Waals surface area contributed by atoms with E-state index in [2.05, 4.69) is 30.7 Å². The number of rotatable bonds is 9. The molecule has 0 bridgehead atoms. The van der Waals surface area contributed by atoms with Crippen molar-refractivity contribution in [2.45, 2.75) is 66.0 Å². The number of benzene rings is 1. The molecule has 0 aliphatic heterocycles. The monoisotopic (exact) mass is 533 g/mol. The molecule has 2 aromatic heterocycles. The molecule has 1 fully saturated rings. The van der Waals surface area contributed by atoms with Crippen molar-refractivity contribution < 1.29 is 9.53 Å². The van der Waals surface area contributed by atoms with Crippen LogP contribution in [0.4, 0.5) is 0 Å². The highest BCUT2D eigenvalue weighted by Gasteiger charge is 2.23. The predicted octanol–water partition coefficient (Wildman–Crippen LogP) is 7.77. The van der Waals surface area contributed by atoms with Gasteiger partial charge < -0.3 is 14.6 Å².